The van der Waals surface area contributed by atoms with Crippen LogP contribution in [0.5, 0.6) is 5.75 Å². The third-order valence-electron chi connectivity index (χ3n) is 7.75. The standard InChI is InChI=1S/C18H22N2O4.C6H8O7/c1-18-8-24-16-11-7-10(17(21)22)15(19-11)12(20(16)18)6-9-4-3-5-13(23-2)14(9)18;7-3(8)1-6(13,5(11)12)2-4(9)10/h3-5,10-12,15-16,19H,6-8H2,1-2H3,(H,21,22);13H,1-2H2,(H,7,8)(H,9,10)(H,11,12). The third-order valence-corrected chi connectivity index (χ3v) is 7.75. The SMILES string of the molecule is COc1cccc2c1C1(C)COC3C4CC(C(=O)O)C(N4)C(C2)N31.O=C(O)CC(O)(CC(=O)O)C(=O)O. The summed E-state index contributed by atoms with van der Waals surface area (Å²) >= 11 is 0. The van der Waals surface area contributed by atoms with Gasteiger partial charge in [0.05, 0.1) is 38.0 Å². The molecule has 0 radical (unpaired) electrons. The minimum absolute atomic E-state index is 0.0240. The number of fused-ring (bicyclic) bond motifs is 6. The fraction of sp³-hybridized carbons (Fsp3) is 0.583. The summed E-state index contributed by atoms with van der Waals surface area (Å²) in [6.45, 7) is 2.82. The van der Waals surface area contributed by atoms with E-state index in [1.54, 1.807) is 7.11 Å². The molecule has 1 aromatic carbocycles. The number of carbonyl (C=O) groups is 4. The molecule has 13 nitrogen and oxygen atoms in total. The van der Waals surface area contributed by atoms with Gasteiger partial charge in [0.2, 0.25) is 0 Å². The molecule has 0 aromatic heterocycles. The fourth-order valence-corrected chi connectivity index (χ4v) is 6.30. The summed E-state index contributed by atoms with van der Waals surface area (Å²) in [6, 6.07) is 6.38. The molecule has 6 atom stereocenters. The highest BCUT2D eigenvalue weighted by Gasteiger charge is 2.63. The van der Waals surface area contributed by atoms with Crippen LogP contribution in [0.3, 0.4) is 0 Å². The average Bonchev–Trinajstić information content (AvgIpc) is 3.36. The largest absolute Gasteiger partial charge is 0.496 e. The van der Waals surface area contributed by atoms with E-state index in [9.17, 15) is 24.3 Å². The molecule has 202 valence electrons. The smallest absolute Gasteiger partial charge is 0.336 e. The first-order valence-electron chi connectivity index (χ1n) is 11.8. The number of aliphatic hydroxyl groups is 1. The number of ether oxygens (including phenoxy) is 2. The Labute approximate surface area is 211 Å². The number of methoxy groups -OCH3 is 1. The Morgan fingerprint density at radius 2 is 1.81 bits per heavy atom. The lowest BCUT2D eigenvalue weighted by Crippen LogP contribution is -2.68. The van der Waals surface area contributed by atoms with Crippen LogP contribution >= 0.6 is 0 Å². The fourth-order valence-electron chi connectivity index (χ4n) is 6.30. The van der Waals surface area contributed by atoms with E-state index in [0.717, 1.165) is 12.2 Å². The van der Waals surface area contributed by atoms with Crippen molar-refractivity contribution in [3.8, 4) is 5.75 Å². The van der Waals surface area contributed by atoms with E-state index < -0.39 is 42.3 Å². The number of hydrogen-bond acceptors (Lipinski definition) is 9. The Morgan fingerprint density at radius 3 is 2.35 bits per heavy atom. The topological polar surface area (TPSA) is 203 Å². The van der Waals surface area contributed by atoms with Crippen LogP contribution in [0, 0.1) is 5.92 Å². The number of nitrogens with one attached hydrogen (secondary N) is 1. The normalized spacial score (nSPS) is 31.4. The van der Waals surface area contributed by atoms with Crippen LogP contribution in [0.25, 0.3) is 0 Å². The second-order valence-electron chi connectivity index (χ2n) is 10.1. The maximum Gasteiger partial charge on any atom is 0.336 e. The van der Waals surface area contributed by atoms with Gasteiger partial charge >= 0.3 is 23.9 Å². The lowest BCUT2D eigenvalue weighted by molar-refractivity contribution is -0.170. The first-order valence-corrected chi connectivity index (χ1v) is 11.8. The highest BCUT2D eigenvalue weighted by Crippen LogP contribution is 2.53. The van der Waals surface area contributed by atoms with Gasteiger partial charge in [-0.15, -0.1) is 0 Å². The first-order chi connectivity index (χ1) is 17.3. The molecule has 5 rings (SSSR count). The monoisotopic (exact) mass is 522 g/mol. The molecule has 4 heterocycles. The number of benzene rings is 1. The van der Waals surface area contributed by atoms with Crippen molar-refractivity contribution in [3.63, 3.8) is 0 Å². The van der Waals surface area contributed by atoms with Crippen molar-refractivity contribution in [1.82, 2.24) is 10.2 Å². The summed E-state index contributed by atoms with van der Waals surface area (Å²) < 4.78 is 11.8. The number of hydrogen-bond donors (Lipinski definition) is 6. The summed E-state index contributed by atoms with van der Waals surface area (Å²) in [5.74, 6) is -5.16. The van der Waals surface area contributed by atoms with Crippen LogP contribution in [0.1, 0.15) is 37.3 Å². The first kappa shape index (κ1) is 26.8. The number of rotatable bonds is 7. The minimum atomic E-state index is -2.74. The summed E-state index contributed by atoms with van der Waals surface area (Å²) in [5.41, 5.74) is -0.544. The Morgan fingerprint density at radius 1 is 1.16 bits per heavy atom. The highest BCUT2D eigenvalue weighted by atomic mass is 16.5. The molecule has 3 fully saturated rings. The summed E-state index contributed by atoms with van der Waals surface area (Å²) in [7, 11) is 1.71. The van der Waals surface area contributed by atoms with Gasteiger partial charge < -0.3 is 40.3 Å². The van der Waals surface area contributed by atoms with Gasteiger partial charge in [0.15, 0.2) is 5.60 Å². The highest BCUT2D eigenvalue weighted by molar-refractivity contribution is 5.88. The van der Waals surface area contributed by atoms with Gasteiger partial charge in [-0.1, -0.05) is 12.1 Å². The van der Waals surface area contributed by atoms with Crippen LogP contribution in [-0.4, -0.2) is 98.0 Å². The molecule has 37 heavy (non-hydrogen) atoms. The van der Waals surface area contributed by atoms with Crippen LogP contribution < -0.4 is 10.1 Å². The van der Waals surface area contributed by atoms with Gasteiger partial charge in [-0.05, 0) is 31.4 Å². The molecule has 13 heteroatoms. The van der Waals surface area contributed by atoms with Crippen molar-refractivity contribution >= 4 is 23.9 Å². The number of carboxylic acid groups (broad SMARTS) is 4. The van der Waals surface area contributed by atoms with Gasteiger partial charge in [-0.2, -0.15) is 0 Å². The Hall–Kier alpha value is -3.26. The number of aliphatic carboxylic acids is 4. The third kappa shape index (κ3) is 4.52. The van der Waals surface area contributed by atoms with Crippen LogP contribution in [0.4, 0.5) is 0 Å². The van der Waals surface area contributed by atoms with E-state index in [0.29, 0.717) is 13.0 Å². The molecule has 0 saturated carbocycles. The van der Waals surface area contributed by atoms with Crippen LogP contribution in [0.15, 0.2) is 18.2 Å². The summed E-state index contributed by atoms with van der Waals surface area (Å²) in [6.07, 6.45) is -0.876. The summed E-state index contributed by atoms with van der Waals surface area (Å²) in [4.78, 5) is 44.7. The zero-order valence-electron chi connectivity index (χ0n) is 20.3. The maximum absolute atomic E-state index is 11.7. The molecule has 6 unspecified atom stereocenters. The molecule has 2 bridgehead atoms. The van der Waals surface area contributed by atoms with E-state index in [1.165, 1.54) is 11.1 Å². The van der Waals surface area contributed by atoms with Gasteiger partial charge in [0, 0.05) is 23.7 Å². The molecule has 0 aliphatic carbocycles. The number of piperazine rings is 1. The van der Waals surface area contributed by atoms with Gasteiger partial charge in [0.1, 0.15) is 12.0 Å². The van der Waals surface area contributed by atoms with Crippen molar-refractivity contribution in [2.24, 2.45) is 5.92 Å². The van der Waals surface area contributed by atoms with E-state index >= 15 is 0 Å². The Kier molecular flexibility index (Phi) is 6.92. The lowest BCUT2D eigenvalue weighted by atomic mass is 9.76. The molecule has 6 N–H and O–H groups in total. The van der Waals surface area contributed by atoms with Crippen molar-refractivity contribution in [2.75, 3.05) is 13.7 Å². The van der Waals surface area contributed by atoms with Crippen LogP contribution in [0.2, 0.25) is 0 Å². The minimum Gasteiger partial charge on any atom is -0.496 e. The summed E-state index contributed by atoms with van der Waals surface area (Å²) in [5, 5.41) is 47.0. The zero-order chi connectivity index (χ0) is 27.3. The van der Waals surface area contributed by atoms with Crippen LogP contribution in [-0.2, 0) is 35.9 Å². The second-order valence-corrected chi connectivity index (χ2v) is 10.1. The molecule has 0 spiro atoms. The molecule has 3 saturated heterocycles. The second kappa shape index (κ2) is 9.56. The molecule has 0 amide bonds. The van der Waals surface area contributed by atoms with E-state index in [2.05, 4.69) is 23.2 Å². The van der Waals surface area contributed by atoms with E-state index in [4.69, 9.17) is 29.9 Å². The quantitative estimate of drug-likeness (QED) is 0.272. The molecule has 4 aliphatic heterocycles. The van der Waals surface area contributed by atoms with Crippen molar-refractivity contribution in [2.45, 2.75) is 68.1 Å². The predicted molar refractivity (Wildman–Crippen MR) is 123 cm³/mol. The number of carboxylic acids is 4. The number of nitrogens with zero attached hydrogens (tertiary/aromatic N) is 1. The lowest BCUT2D eigenvalue weighted by Gasteiger charge is -2.52. The predicted octanol–water partition coefficient (Wildman–Crippen LogP) is -0.310. The molecule has 4 aliphatic rings. The van der Waals surface area contributed by atoms with Crippen molar-refractivity contribution < 1.29 is 54.2 Å². The van der Waals surface area contributed by atoms with Crippen molar-refractivity contribution in [1.29, 1.82) is 0 Å². The molecule has 1 aromatic rings. The van der Waals surface area contributed by atoms with E-state index in [-0.39, 0.29) is 35.8 Å². The zero-order valence-corrected chi connectivity index (χ0v) is 20.3. The Balaban J connectivity index is 0.000000212. The van der Waals surface area contributed by atoms with Gasteiger partial charge in [0.25, 0.3) is 0 Å². The van der Waals surface area contributed by atoms with Crippen molar-refractivity contribution in [3.05, 3.63) is 29.3 Å². The average molecular weight is 523 g/mol. The molecular formula is C24H30N2O11. The molecular weight excluding hydrogens is 492 g/mol. The van der Waals surface area contributed by atoms with Gasteiger partial charge in [-0.25, -0.2) is 4.79 Å². The van der Waals surface area contributed by atoms with Gasteiger partial charge in [-0.3, -0.25) is 19.3 Å². The Bertz CT molecular complexity index is 1110. The maximum atomic E-state index is 11.7. The van der Waals surface area contributed by atoms with E-state index in [1.807, 2.05) is 12.1 Å².